The molecule has 0 aliphatic rings. The van der Waals surface area contributed by atoms with Crippen LogP contribution in [0.15, 0.2) is 47.9 Å². The molecule has 1 atom stereocenters. The molecule has 2 aromatic heterocycles. The third-order valence-electron chi connectivity index (χ3n) is 3.61. The fourth-order valence-electron chi connectivity index (χ4n) is 2.49. The van der Waals surface area contributed by atoms with Crippen molar-refractivity contribution in [1.82, 2.24) is 19.7 Å². The van der Waals surface area contributed by atoms with Crippen molar-refractivity contribution < 1.29 is 0 Å². The molecule has 0 saturated carbocycles. The molecule has 0 radical (unpaired) electrons. The molecule has 5 nitrogen and oxygen atoms in total. The Hall–Kier alpha value is -2.65. The summed E-state index contributed by atoms with van der Waals surface area (Å²) < 4.78 is 2.00. The predicted octanol–water partition coefficient (Wildman–Crippen LogP) is 3.95. The first-order valence-electron chi connectivity index (χ1n) is 7.60. The Kier molecular flexibility index (Phi) is 4.63. The van der Waals surface area contributed by atoms with Gasteiger partial charge >= 0.3 is 0 Å². The van der Waals surface area contributed by atoms with Crippen LogP contribution in [0, 0.1) is 25.2 Å². The van der Waals surface area contributed by atoms with E-state index in [1.807, 2.05) is 23.6 Å². The van der Waals surface area contributed by atoms with E-state index >= 15 is 0 Å². The van der Waals surface area contributed by atoms with Gasteiger partial charge in [0.25, 0.3) is 0 Å². The van der Waals surface area contributed by atoms with Gasteiger partial charge in [0.2, 0.25) is 0 Å². The quantitative estimate of drug-likeness (QED) is 0.675. The average molecular weight is 335 g/mol. The van der Waals surface area contributed by atoms with Crippen LogP contribution in [-0.2, 0) is 0 Å². The molecule has 0 unspecified atom stereocenters. The van der Waals surface area contributed by atoms with Crippen molar-refractivity contribution in [2.75, 3.05) is 0 Å². The van der Waals surface area contributed by atoms with E-state index in [9.17, 15) is 0 Å². The van der Waals surface area contributed by atoms with Crippen LogP contribution in [0.3, 0.4) is 0 Å². The molecule has 0 N–H and O–H groups in total. The van der Waals surface area contributed by atoms with Gasteiger partial charge in [0.1, 0.15) is 0 Å². The van der Waals surface area contributed by atoms with Crippen molar-refractivity contribution in [3.63, 3.8) is 0 Å². The highest BCUT2D eigenvalue weighted by molar-refractivity contribution is 8.00. The summed E-state index contributed by atoms with van der Waals surface area (Å²) in [6.45, 7) is 5.99. The van der Waals surface area contributed by atoms with Crippen LogP contribution in [0.2, 0.25) is 0 Å². The zero-order valence-corrected chi connectivity index (χ0v) is 14.6. The zero-order chi connectivity index (χ0) is 17.1. The molecule has 6 heteroatoms. The summed E-state index contributed by atoms with van der Waals surface area (Å²) >= 11 is 1.40. The van der Waals surface area contributed by atoms with Crippen LogP contribution in [0.1, 0.15) is 18.1 Å². The third-order valence-corrected chi connectivity index (χ3v) is 4.54. The second-order valence-electron chi connectivity index (χ2n) is 5.56. The SMILES string of the molecule is Cc1ccc(-n2c(S[C@H](C)C#N)nnc2-c2cccnc2)c(C)c1. The molecule has 1 aromatic carbocycles. The molecular weight excluding hydrogens is 318 g/mol. The minimum Gasteiger partial charge on any atom is -0.270 e. The highest BCUT2D eigenvalue weighted by Crippen LogP contribution is 2.31. The minimum absolute atomic E-state index is 0.208. The van der Waals surface area contributed by atoms with E-state index in [0.717, 1.165) is 22.6 Å². The lowest BCUT2D eigenvalue weighted by molar-refractivity contribution is 0.877. The van der Waals surface area contributed by atoms with Crippen LogP contribution in [-0.4, -0.2) is 25.0 Å². The highest BCUT2D eigenvalue weighted by Gasteiger charge is 2.19. The fourth-order valence-corrected chi connectivity index (χ4v) is 3.23. The number of nitriles is 1. The topological polar surface area (TPSA) is 67.4 Å². The van der Waals surface area contributed by atoms with Crippen LogP contribution in [0.5, 0.6) is 0 Å². The van der Waals surface area contributed by atoms with Crippen LogP contribution < -0.4 is 0 Å². The minimum atomic E-state index is -0.208. The van der Waals surface area contributed by atoms with Gasteiger partial charge in [-0.15, -0.1) is 10.2 Å². The number of thioether (sulfide) groups is 1. The maximum absolute atomic E-state index is 9.13. The number of aromatic nitrogens is 4. The van der Waals surface area contributed by atoms with E-state index in [1.165, 1.54) is 17.3 Å². The number of hydrogen-bond acceptors (Lipinski definition) is 5. The van der Waals surface area contributed by atoms with E-state index in [0.29, 0.717) is 5.16 Å². The Balaban J connectivity index is 2.20. The molecule has 0 saturated heterocycles. The zero-order valence-electron chi connectivity index (χ0n) is 13.8. The number of pyridine rings is 1. The Morgan fingerprint density at radius 1 is 1.21 bits per heavy atom. The summed E-state index contributed by atoms with van der Waals surface area (Å²) in [6, 6.07) is 12.3. The summed E-state index contributed by atoms with van der Waals surface area (Å²) in [7, 11) is 0. The summed E-state index contributed by atoms with van der Waals surface area (Å²) in [5.74, 6) is 0.725. The Labute approximate surface area is 145 Å². The smallest absolute Gasteiger partial charge is 0.197 e. The molecule has 0 fully saturated rings. The largest absolute Gasteiger partial charge is 0.270 e. The lowest BCUT2D eigenvalue weighted by atomic mass is 10.1. The normalized spacial score (nSPS) is 11.9. The summed E-state index contributed by atoms with van der Waals surface area (Å²) in [4.78, 5) is 4.18. The Bertz CT molecular complexity index is 896. The molecule has 0 spiro atoms. The second kappa shape index (κ2) is 6.85. The molecular formula is C18H17N5S. The number of hydrogen-bond donors (Lipinski definition) is 0. The van der Waals surface area contributed by atoms with Gasteiger partial charge in [0.15, 0.2) is 11.0 Å². The van der Waals surface area contributed by atoms with Crippen molar-refractivity contribution >= 4 is 11.8 Å². The highest BCUT2D eigenvalue weighted by atomic mass is 32.2. The Morgan fingerprint density at radius 3 is 2.71 bits per heavy atom. The van der Waals surface area contributed by atoms with Gasteiger partial charge in [-0.25, -0.2) is 0 Å². The van der Waals surface area contributed by atoms with Crippen molar-refractivity contribution in [3.8, 4) is 23.1 Å². The maximum Gasteiger partial charge on any atom is 0.197 e. The number of rotatable bonds is 4. The molecule has 24 heavy (non-hydrogen) atoms. The Morgan fingerprint density at radius 2 is 2.04 bits per heavy atom. The summed E-state index contributed by atoms with van der Waals surface area (Å²) in [5.41, 5.74) is 4.23. The third kappa shape index (κ3) is 3.17. The first-order valence-corrected chi connectivity index (χ1v) is 8.48. The standard InChI is InChI=1S/C18H17N5S/c1-12-6-7-16(13(2)9-12)23-17(15-5-4-8-20-11-15)21-22-18(23)24-14(3)10-19/h4-9,11,14H,1-3H3/t14-/m1/s1. The van der Waals surface area contributed by atoms with Crippen LogP contribution in [0.25, 0.3) is 17.1 Å². The van der Waals surface area contributed by atoms with Crippen molar-refractivity contribution in [2.45, 2.75) is 31.2 Å². The number of benzene rings is 1. The van der Waals surface area contributed by atoms with E-state index in [1.54, 1.807) is 12.4 Å². The van der Waals surface area contributed by atoms with Gasteiger partial charge in [-0.3, -0.25) is 9.55 Å². The predicted molar refractivity (Wildman–Crippen MR) is 95.0 cm³/mol. The van der Waals surface area contributed by atoms with Crippen LogP contribution >= 0.6 is 11.8 Å². The van der Waals surface area contributed by atoms with E-state index in [4.69, 9.17) is 5.26 Å². The van der Waals surface area contributed by atoms with Gasteiger partial charge < -0.3 is 0 Å². The fraction of sp³-hybridized carbons (Fsp3) is 0.222. The van der Waals surface area contributed by atoms with Gasteiger partial charge in [-0.1, -0.05) is 29.5 Å². The second-order valence-corrected chi connectivity index (χ2v) is 6.87. The molecule has 0 amide bonds. The molecule has 0 aliphatic carbocycles. The van der Waals surface area contributed by atoms with Gasteiger partial charge in [-0.2, -0.15) is 5.26 Å². The van der Waals surface area contributed by atoms with E-state index in [2.05, 4.69) is 53.3 Å². The first-order chi connectivity index (χ1) is 11.6. The van der Waals surface area contributed by atoms with Gasteiger partial charge in [0, 0.05) is 18.0 Å². The monoisotopic (exact) mass is 335 g/mol. The lowest BCUT2D eigenvalue weighted by Gasteiger charge is -2.13. The molecule has 2 heterocycles. The summed E-state index contributed by atoms with van der Waals surface area (Å²) in [5, 5.41) is 18.3. The van der Waals surface area contributed by atoms with Gasteiger partial charge in [0.05, 0.1) is 17.0 Å². The number of nitrogens with zero attached hydrogens (tertiary/aromatic N) is 5. The molecule has 3 aromatic rings. The molecule has 120 valence electrons. The van der Waals surface area contributed by atoms with Gasteiger partial charge in [-0.05, 0) is 44.5 Å². The first kappa shape index (κ1) is 16.2. The van der Waals surface area contributed by atoms with E-state index < -0.39 is 0 Å². The van der Waals surface area contributed by atoms with Crippen molar-refractivity contribution in [2.24, 2.45) is 0 Å². The van der Waals surface area contributed by atoms with Crippen LogP contribution in [0.4, 0.5) is 0 Å². The van der Waals surface area contributed by atoms with E-state index in [-0.39, 0.29) is 5.25 Å². The van der Waals surface area contributed by atoms with Crippen molar-refractivity contribution in [3.05, 3.63) is 53.9 Å². The number of aryl methyl sites for hydroxylation is 2. The maximum atomic E-state index is 9.13. The summed E-state index contributed by atoms with van der Waals surface area (Å²) in [6.07, 6.45) is 3.50. The van der Waals surface area contributed by atoms with Crippen molar-refractivity contribution in [1.29, 1.82) is 5.26 Å². The lowest BCUT2D eigenvalue weighted by Crippen LogP contribution is -2.04. The average Bonchev–Trinajstić information content (AvgIpc) is 2.99. The molecule has 3 rings (SSSR count). The molecule has 0 aliphatic heterocycles. The molecule has 0 bridgehead atoms.